The third-order valence-corrected chi connectivity index (χ3v) is 1.78. The molecule has 0 spiro atoms. The van der Waals surface area contributed by atoms with E-state index in [9.17, 15) is 0 Å². The molecule has 0 saturated carbocycles. The number of hydrogen-bond acceptors (Lipinski definition) is 1. The highest BCUT2D eigenvalue weighted by Crippen LogP contribution is 2.34. The lowest BCUT2D eigenvalue weighted by atomic mass is 9.92. The van der Waals surface area contributed by atoms with E-state index in [0.717, 1.165) is 0 Å². The molecule has 3 rings (SSSR count). The Kier molecular flexibility index (Phi) is 0.368. The summed E-state index contributed by atoms with van der Waals surface area (Å²) in [5.74, 6) is 0. The van der Waals surface area contributed by atoms with Crippen LogP contribution in [-0.4, -0.2) is 13.0 Å². The summed E-state index contributed by atoms with van der Waals surface area (Å²) in [7, 11) is 0. The van der Waals surface area contributed by atoms with Crippen molar-refractivity contribution in [1.29, 1.82) is 0 Å². The first-order valence-electron chi connectivity index (χ1n) is 11.2. The van der Waals surface area contributed by atoms with Crippen LogP contribution in [0.3, 0.4) is 0 Å². The molecule has 0 amide bonds. The fourth-order valence-electron chi connectivity index (χ4n) is 1.24. The molecule has 68 valence electrons. The van der Waals surface area contributed by atoms with Crippen LogP contribution in [0.2, 0.25) is 0 Å². The summed E-state index contributed by atoms with van der Waals surface area (Å²) >= 11 is 0. The normalized spacial score (nSPS) is 60.0. The molecule has 0 bridgehead atoms. The van der Waals surface area contributed by atoms with Gasteiger partial charge in [-0.25, -0.2) is 0 Å². The van der Waals surface area contributed by atoms with Gasteiger partial charge in [0.2, 0.25) is 0 Å². The monoisotopic (exact) mass is 188 g/mol. The Morgan fingerprint density at radius 1 is 1.15 bits per heavy atom. The van der Waals surface area contributed by atoms with Gasteiger partial charge in [0.05, 0.1) is 4.11 Å². The average molecular weight is 188 g/mol. The molecule has 13 heavy (non-hydrogen) atoms. The smallest absolute Gasteiger partial charge is 0.0626 e. The van der Waals surface area contributed by atoms with Gasteiger partial charge in [0.1, 0.15) is 0 Å². The predicted molar refractivity (Wildman–Crippen MR) is 55.3 cm³/mol. The second-order valence-corrected chi connectivity index (χ2v) is 2.53. The predicted octanol–water partition coefficient (Wildman–Crippen LogP) is 2.39. The molecule has 1 aromatic rings. The summed E-state index contributed by atoms with van der Waals surface area (Å²) in [5, 5.41) is 0. The van der Waals surface area contributed by atoms with Crippen molar-refractivity contribution < 1.29 is 20.6 Å². The number of hydrogen-bond donors (Lipinski definition) is 0. The summed E-state index contributed by atoms with van der Waals surface area (Å²) in [6.45, 7) is -7.04. The van der Waals surface area contributed by atoms with Crippen molar-refractivity contribution in [3.63, 3.8) is 0 Å². The van der Waals surface area contributed by atoms with Crippen LogP contribution in [0.15, 0.2) is 18.1 Å². The summed E-state index contributed by atoms with van der Waals surface area (Å²) < 4.78 is 121. The molecule has 2 aliphatic heterocycles. The summed E-state index contributed by atoms with van der Waals surface area (Å²) in [6, 6.07) is -3.00. The Morgan fingerprint density at radius 2 is 1.77 bits per heavy atom. The molecule has 2 heterocycles. The van der Waals surface area contributed by atoms with Crippen LogP contribution >= 0.6 is 0 Å². The Morgan fingerprint density at radius 3 is 2.38 bits per heavy atom. The highest BCUT2D eigenvalue weighted by molar-refractivity contribution is 5.62. The number of anilines is 1. The lowest BCUT2D eigenvalue weighted by molar-refractivity contribution is 0.634. The average Bonchev–Trinajstić information content (AvgIpc) is 2.49. The highest BCUT2D eigenvalue weighted by Gasteiger charge is 2.22. The van der Waals surface area contributed by atoms with E-state index in [1.807, 2.05) is 0 Å². The Labute approximate surface area is 100 Å². The summed E-state index contributed by atoms with van der Waals surface area (Å²) in [4.78, 5) is -0.0388. The SMILES string of the molecule is [2H]c1c([2H])c2c3c(c1[2H])C([2H])([2H])C([2H])([2H])C([2H])([2H])N3C([2H])([2H])C([2H])([2H])C2([2H])[2H]. The van der Waals surface area contributed by atoms with Gasteiger partial charge in [-0.1, -0.05) is 18.1 Å². The van der Waals surface area contributed by atoms with Crippen molar-refractivity contribution in [2.45, 2.75) is 25.5 Å². The number of rotatable bonds is 0. The zero-order valence-electron chi connectivity index (χ0n) is 21.4. The zero-order chi connectivity index (χ0) is 22.0. The van der Waals surface area contributed by atoms with E-state index in [2.05, 4.69) is 0 Å². The standard InChI is InChI=1S/C12H15N/c1-4-10-6-2-8-13-9-3-7-11(5-1)12(10)13/h1,4-5H,2-3,6-9H2/i1D,2D2,3D2,4D,5D,6D2,7D2,8D2,9D2. The van der Waals surface area contributed by atoms with Crippen molar-refractivity contribution in [1.82, 2.24) is 0 Å². The first kappa shape index (κ1) is 1.73. The number of nitrogens with zero attached hydrogens (tertiary/aromatic N) is 1. The van der Waals surface area contributed by atoms with Crippen molar-refractivity contribution in [2.24, 2.45) is 0 Å². The fourth-order valence-corrected chi connectivity index (χ4v) is 1.24. The molecule has 0 atom stereocenters. The molecule has 1 aromatic carbocycles. The fraction of sp³-hybridized carbons (Fsp3) is 0.500. The van der Waals surface area contributed by atoms with Crippen LogP contribution in [0, 0.1) is 0 Å². The largest absolute Gasteiger partial charge is 0.371 e. The highest BCUT2D eigenvalue weighted by atomic mass is 15.1. The van der Waals surface area contributed by atoms with Crippen LogP contribution in [0.4, 0.5) is 5.69 Å². The van der Waals surface area contributed by atoms with Gasteiger partial charge < -0.3 is 4.90 Å². The molecule has 0 N–H and O–H groups in total. The van der Waals surface area contributed by atoms with Crippen LogP contribution < -0.4 is 4.90 Å². The number of benzene rings is 1. The van der Waals surface area contributed by atoms with Crippen molar-refractivity contribution in [3.8, 4) is 0 Å². The minimum Gasteiger partial charge on any atom is -0.371 e. The van der Waals surface area contributed by atoms with Gasteiger partial charge in [-0.05, 0) is 36.6 Å². The molecule has 0 radical (unpaired) electrons. The van der Waals surface area contributed by atoms with Crippen LogP contribution in [0.1, 0.15) is 44.4 Å². The maximum Gasteiger partial charge on any atom is 0.0626 e. The molecule has 0 unspecified atom stereocenters. The first-order chi connectivity index (χ1) is 12.2. The van der Waals surface area contributed by atoms with Gasteiger partial charge in [0, 0.05) is 35.1 Å². The topological polar surface area (TPSA) is 3.24 Å². The molecule has 2 aliphatic rings. The molecule has 0 aromatic heterocycles. The maximum atomic E-state index is 8.14. The van der Waals surface area contributed by atoms with E-state index < -0.39 is 73.4 Å². The second-order valence-electron chi connectivity index (χ2n) is 2.53. The van der Waals surface area contributed by atoms with Crippen molar-refractivity contribution in [3.05, 3.63) is 29.3 Å². The minimum atomic E-state index is -3.52. The lowest BCUT2D eigenvalue weighted by Gasteiger charge is -2.36. The zero-order valence-corrected chi connectivity index (χ0v) is 6.45. The van der Waals surface area contributed by atoms with Crippen LogP contribution in [0.5, 0.6) is 0 Å². The van der Waals surface area contributed by atoms with E-state index in [-0.39, 0.29) is 4.90 Å². The van der Waals surface area contributed by atoms with Gasteiger partial charge in [0.25, 0.3) is 0 Å². The van der Waals surface area contributed by atoms with E-state index in [4.69, 9.17) is 20.6 Å². The molecule has 0 saturated heterocycles. The minimum absolute atomic E-state index is 0.0388. The van der Waals surface area contributed by atoms with E-state index in [1.165, 1.54) is 0 Å². The van der Waals surface area contributed by atoms with Gasteiger partial charge in [-0.2, -0.15) is 0 Å². The van der Waals surface area contributed by atoms with Crippen molar-refractivity contribution in [2.75, 3.05) is 17.9 Å². The first-order valence-corrected chi connectivity index (χ1v) is 3.67. The third-order valence-electron chi connectivity index (χ3n) is 1.78. The molecule has 1 nitrogen and oxygen atoms in total. The Balaban J connectivity index is 2.70. The molecule has 1 heteroatoms. The Bertz CT molecular complexity index is 818. The van der Waals surface area contributed by atoms with E-state index in [1.54, 1.807) is 0 Å². The van der Waals surface area contributed by atoms with Gasteiger partial charge in [0.15, 0.2) is 0 Å². The van der Waals surface area contributed by atoms with Crippen molar-refractivity contribution >= 4 is 5.69 Å². The van der Waals surface area contributed by atoms with Crippen LogP contribution in [0.25, 0.3) is 0 Å². The summed E-state index contributed by atoms with van der Waals surface area (Å²) in [5.41, 5.74) is -2.89. The Hall–Kier alpha value is -0.980. The molecule has 0 aliphatic carbocycles. The van der Waals surface area contributed by atoms with Crippen LogP contribution in [-0.2, 0) is 12.7 Å². The molecule has 0 fully saturated rings. The van der Waals surface area contributed by atoms with Gasteiger partial charge >= 0.3 is 0 Å². The maximum absolute atomic E-state index is 8.14. The molecular weight excluding hydrogens is 158 g/mol. The van der Waals surface area contributed by atoms with Gasteiger partial charge in [-0.3, -0.25) is 0 Å². The van der Waals surface area contributed by atoms with E-state index in [0.29, 0.717) is 0 Å². The second kappa shape index (κ2) is 2.76. The quantitative estimate of drug-likeness (QED) is 0.604. The van der Waals surface area contributed by atoms with Gasteiger partial charge in [-0.15, -0.1) is 0 Å². The molecular formula is C12H15N. The van der Waals surface area contributed by atoms with E-state index >= 15 is 0 Å². The lowest BCUT2D eigenvalue weighted by Crippen LogP contribution is -2.34. The summed E-state index contributed by atoms with van der Waals surface area (Å²) in [6.07, 6.45) is -13.6. The third kappa shape index (κ3) is 1.06. The number of para-hydroxylation sites is 1.